The number of hydrogen-bond acceptors (Lipinski definition) is 4. The Morgan fingerprint density at radius 2 is 1.75 bits per heavy atom. The number of rotatable bonds is 7. The van der Waals surface area contributed by atoms with Crippen molar-refractivity contribution in [2.45, 2.75) is 82.6 Å². The lowest BCUT2D eigenvalue weighted by Gasteiger charge is -2.28. The minimum atomic E-state index is -3.26. The summed E-state index contributed by atoms with van der Waals surface area (Å²) < 4.78 is 32.8. The maximum Gasteiger partial charge on any atom is 0.227 e. The summed E-state index contributed by atoms with van der Waals surface area (Å²) in [6.07, 6.45) is 7.68. The SMILES string of the molecule is CC(C)S(=O)(=O)NC1CCC(C(=O)Nc2cccc(OC3CCCC3)c2)CC1. The molecule has 0 saturated heterocycles. The van der Waals surface area contributed by atoms with E-state index in [1.54, 1.807) is 13.8 Å². The van der Waals surface area contributed by atoms with Crippen LogP contribution in [0.3, 0.4) is 0 Å². The van der Waals surface area contributed by atoms with Crippen LogP contribution in [0.15, 0.2) is 24.3 Å². The zero-order chi connectivity index (χ0) is 20.1. The van der Waals surface area contributed by atoms with Crippen LogP contribution in [-0.2, 0) is 14.8 Å². The van der Waals surface area contributed by atoms with Crippen LogP contribution in [0.4, 0.5) is 5.69 Å². The first-order chi connectivity index (χ1) is 13.3. The molecule has 0 heterocycles. The normalized spacial score (nSPS) is 23.7. The van der Waals surface area contributed by atoms with Crippen molar-refractivity contribution in [1.29, 1.82) is 0 Å². The van der Waals surface area contributed by atoms with Gasteiger partial charge in [0, 0.05) is 23.7 Å². The molecule has 2 aliphatic carbocycles. The van der Waals surface area contributed by atoms with E-state index in [1.807, 2.05) is 24.3 Å². The van der Waals surface area contributed by atoms with Crippen LogP contribution >= 0.6 is 0 Å². The van der Waals surface area contributed by atoms with Gasteiger partial charge in [0.15, 0.2) is 0 Å². The molecule has 2 fully saturated rings. The van der Waals surface area contributed by atoms with Crippen molar-refractivity contribution in [3.63, 3.8) is 0 Å². The standard InChI is InChI=1S/C21H32N2O4S/c1-15(2)28(25,26)23-17-12-10-16(11-13-17)21(24)22-18-6-5-9-20(14-18)27-19-7-3-4-8-19/h5-6,9,14-17,19,23H,3-4,7-8,10-13H2,1-2H3,(H,22,24). The number of sulfonamides is 1. The highest BCUT2D eigenvalue weighted by Crippen LogP contribution is 2.28. The predicted molar refractivity (Wildman–Crippen MR) is 111 cm³/mol. The van der Waals surface area contributed by atoms with Gasteiger partial charge in [0.25, 0.3) is 0 Å². The first-order valence-corrected chi connectivity index (χ1v) is 12.0. The molecular formula is C21H32N2O4S. The van der Waals surface area contributed by atoms with Crippen molar-refractivity contribution < 1.29 is 17.9 Å². The van der Waals surface area contributed by atoms with Gasteiger partial charge < -0.3 is 10.1 Å². The Bertz CT molecular complexity index is 764. The van der Waals surface area contributed by atoms with Gasteiger partial charge in [-0.25, -0.2) is 13.1 Å². The van der Waals surface area contributed by atoms with Crippen molar-refractivity contribution in [3.8, 4) is 5.75 Å². The van der Waals surface area contributed by atoms with E-state index in [0.717, 1.165) is 24.3 Å². The number of amides is 1. The molecular weight excluding hydrogens is 376 g/mol. The summed E-state index contributed by atoms with van der Waals surface area (Å²) in [5, 5.41) is 2.56. The molecule has 1 aromatic rings. The molecule has 3 rings (SSSR count). The highest BCUT2D eigenvalue weighted by molar-refractivity contribution is 7.90. The highest BCUT2D eigenvalue weighted by Gasteiger charge is 2.29. The molecule has 0 atom stereocenters. The third kappa shape index (κ3) is 5.70. The van der Waals surface area contributed by atoms with E-state index in [1.165, 1.54) is 12.8 Å². The molecule has 0 radical (unpaired) electrons. The van der Waals surface area contributed by atoms with Crippen molar-refractivity contribution in [2.75, 3.05) is 5.32 Å². The predicted octanol–water partition coefficient (Wildman–Crippen LogP) is 3.83. The van der Waals surface area contributed by atoms with E-state index >= 15 is 0 Å². The second-order valence-electron chi connectivity index (χ2n) is 8.30. The summed E-state index contributed by atoms with van der Waals surface area (Å²) in [6, 6.07) is 7.53. The highest BCUT2D eigenvalue weighted by atomic mass is 32.2. The number of benzene rings is 1. The first-order valence-electron chi connectivity index (χ1n) is 10.4. The van der Waals surface area contributed by atoms with Crippen molar-refractivity contribution in [2.24, 2.45) is 5.92 Å². The van der Waals surface area contributed by atoms with Crippen molar-refractivity contribution in [3.05, 3.63) is 24.3 Å². The zero-order valence-electron chi connectivity index (χ0n) is 16.8. The van der Waals surface area contributed by atoms with Gasteiger partial charge in [-0.15, -0.1) is 0 Å². The van der Waals surface area contributed by atoms with Crippen LogP contribution in [-0.4, -0.2) is 31.7 Å². The number of anilines is 1. The number of nitrogens with one attached hydrogen (secondary N) is 2. The lowest BCUT2D eigenvalue weighted by molar-refractivity contribution is -0.120. The van der Waals surface area contributed by atoms with Crippen LogP contribution < -0.4 is 14.8 Å². The Balaban J connectivity index is 1.49. The first kappa shape index (κ1) is 21.1. The molecule has 1 amide bonds. The minimum Gasteiger partial charge on any atom is -0.490 e. The Hall–Kier alpha value is -1.60. The van der Waals surface area contributed by atoms with E-state index in [9.17, 15) is 13.2 Å². The van der Waals surface area contributed by atoms with Gasteiger partial charge in [-0.2, -0.15) is 0 Å². The van der Waals surface area contributed by atoms with Crippen LogP contribution in [0.25, 0.3) is 0 Å². The summed E-state index contributed by atoms with van der Waals surface area (Å²) >= 11 is 0. The van der Waals surface area contributed by atoms with Gasteiger partial charge in [-0.3, -0.25) is 4.79 Å². The van der Waals surface area contributed by atoms with Gasteiger partial charge >= 0.3 is 0 Å². The Kier molecular flexibility index (Phi) is 6.99. The van der Waals surface area contributed by atoms with Gasteiger partial charge in [0.2, 0.25) is 15.9 Å². The van der Waals surface area contributed by atoms with E-state index in [4.69, 9.17) is 4.74 Å². The zero-order valence-corrected chi connectivity index (χ0v) is 17.6. The molecule has 2 N–H and O–H groups in total. The monoisotopic (exact) mass is 408 g/mol. The molecule has 2 aliphatic rings. The smallest absolute Gasteiger partial charge is 0.227 e. The Morgan fingerprint density at radius 1 is 1.07 bits per heavy atom. The fourth-order valence-corrected chi connectivity index (χ4v) is 4.90. The average Bonchev–Trinajstić information content (AvgIpc) is 3.15. The van der Waals surface area contributed by atoms with E-state index in [2.05, 4.69) is 10.0 Å². The fourth-order valence-electron chi connectivity index (χ4n) is 3.93. The topological polar surface area (TPSA) is 84.5 Å². The lowest BCUT2D eigenvalue weighted by Crippen LogP contribution is -2.42. The average molecular weight is 409 g/mol. The lowest BCUT2D eigenvalue weighted by atomic mass is 9.86. The van der Waals surface area contributed by atoms with Gasteiger partial charge in [0.1, 0.15) is 5.75 Å². The van der Waals surface area contributed by atoms with Gasteiger partial charge in [-0.05, 0) is 77.3 Å². The van der Waals surface area contributed by atoms with Crippen molar-refractivity contribution >= 4 is 21.6 Å². The minimum absolute atomic E-state index is 0.00295. The molecule has 2 saturated carbocycles. The number of carbonyl (C=O) groups is 1. The van der Waals surface area contributed by atoms with Crippen LogP contribution in [0, 0.1) is 5.92 Å². The molecule has 0 aromatic heterocycles. The van der Waals surface area contributed by atoms with E-state index in [0.29, 0.717) is 25.7 Å². The van der Waals surface area contributed by atoms with Gasteiger partial charge in [-0.1, -0.05) is 6.07 Å². The summed E-state index contributed by atoms with van der Waals surface area (Å²) in [7, 11) is -3.26. The number of carbonyl (C=O) groups excluding carboxylic acids is 1. The molecule has 0 unspecified atom stereocenters. The molecule has 0 spiro atoms. The maximum absolute atomic E-state index is 12.6. The summed E-state index contributed by atoms with van der Waals surface area (Å²) in [6.45, 7) is 3.35. The van der Waals surface area contributed by atoms with Crippen LogP contribution in [0.2, 0.25) is 0 Å². The summed E-state index contributed by atoms with van der Waals surface area (Å²) in [5.41, 5.74) is 0.753. The maximum atomic E-state index is 12.6. The summed E-state index contributed by atoms with van der Waals surface area (Å²) in [4.78, 5) is 12.6. The van der Waals surface area contributed by atoms with E-state index < -0.39 is 15.3 Å². The Labute approximate surface area is 168 Å². The van der Waals surface area contributed by atoms with Gasteiger partial charge in [0.05, 0.1) is 11.4 Å². The fraction of sp³-hybridized carbons (Fsp3) is 0.667. The Morgan fingerprint density at radius 3 is 2.39 bits per heavy atom. The quantitative estimate of drug-likeness (QED) is 0.718. The third-order valence-corrected chi connectivity index (χ3v) is 7.66. The number of ether oxygens (including phenoxy) is 1. The van der Waals surface area contributed by atoms with E-state index in [-0.39, 0.29) is 24.0 Å². The molecule has 7 heteroatoms. The molecule has 0 bridgehead atoms. The molecule has 156 valence electrons. The van der Waals surface area contributed by atoms with Crippen molar-refractivity contribution in [1.82, 2.24) is 4.72 Å². The number of hydrogen-bond donors (Lipinski definition) is 2. The largest absolute Gasteiger partial charge is 0.490 e. The van der Waals surface area contributed by atoms with Crippen LogP contribution in [0.5, 0.6) is 5.75 Å². The van der Waals surface area contributed by atoms with Crippen LogP contribution in [0.1, 0.15) is 65.2 Å². The summed E-state index contributed by atoms with van der Waals surface area (Å²) in [5.74, 6) is 0.721. The molecule has 6 nitrogen and oxygen atoms in total. The molecule has 0 aliphatic heterocycles. The second-order valence-corrected chi connectivity index (χ2v) is 10.6. The third-order valence-electron chi connectivity index (χ3n) is 5.76. The molecule has 1 aromatic carbocycles. The molecule has 28 heavy (non-hydrogen) atoms. The second kappa shape index (κ2) is 9.27.